The van der Waals surface area contributed by atoms with Gasteiger partial charge in [-0.05, 0) is 38.2 Å². The standard InChI is InChI=1S/C23H30N4O2/c1-3-29-14-19-26-20-21(17-9-5-6-10-18(17)25-22(20)24)27(19)15-23(13-16(2)28)11-7-4-8-12-23/h5-6,9-10H,3-4,7-8,11-15H2,1-2H3,(H2,24,25). The number of hydrogen-bond acceptors (Lipinski definition) is 5. The maximum atomic E-state index is 12.2. The van der Waals surface area contributed by atoms with Gasteiger partial charge in [-0.25, -0.2) is 9.97 Å². The van der Waals surface area contributed by atoms with Gasteiger partial charge in [-0.3, -0.25) is 0 Å². The van der Waals surface area contributed by atoms with Crippen molar-refractivity contribution < 1.29 is 9.53 Å². The second kappa shape index (κ2) is 8.11. The molecule has 3 aromatic rings. The number of nitrogens with zero attached hydrogens (tertiary/aromatic N) is 3. The molecule has 1 fully saturated rings. The van der Waals surface area contributed by atoms with Crippen molar-refractivity contribution in [1.29, 1.82) is 0 Å². The maximum Gasteiger partial charge on any atom is 0.152 e. The lowest BCUT2D eigenvalue weighted by atomic mass is 9.71. The average Bonchev–Trinajstić information content (AvgIpc) is 3.05. The topological polar surface area (TPSA) is 83.0 Å². The summed E-state index contributed by atoms with van der Waals surface area (Å²) in [6.45, 7) is 5.50. The van der Waals surface area contributed by atoms with Crippen molar-refractivity contribution in [2.45, 2.75) is 65.5 Å². The van der Waals surface area contributed by atoms with Gasteiger partial charge in [0.15, 0.2) is 5.82 Å². The van der Waals surface area contributed by atoms with Crippen molar-refractivity contribution in [2.24, 2.45) is 5.41 Å². The van der Waals surface area contributed by atoms with E-state index in [0.717, 1.165) is 47.1 Å². The summed E-state index contributed by atoms with van der Waals surface area (Å²) in [7, 11) is 0. The van der Waals surface area contributed by atoms with Crippen LogP contribution in [0.5, 0.6) is 0 Å². The number of imidazole rings is 1. The minimum atomic E-state index is -0.0299. The molecular formula is C23H30N4O2. The first-order valence-corrected chi connectivity index (χ1v) is 10.6. The number of Topliss-reactive ketones (excluding diaryl/α,β-unsaturated/α-hetero) is 1. The van der Waals surface area contributed by atoms with Gasteiger partial charge in [-0.15, -0.1) is 0 Å². The van der Waals surface area contributed by atoms with Crippen molar-refractivity contribution in [3.63, 3.8) is 0 Å². The van der Waals surface area contributed by atoms with E-state index >= 15 is 0 Å². The Balaban J connectivity index is 1.91. The predicted molar refractivity (Wildman–Crippen MR) is 116 cm³/mol. The third-order valence-corrected chi connectivity index (χ3v) is 6.16. The summed E-state index contributed by atoms with van der Waals surface area (Å²) >= 11 is 0. The largest absolute Gasteiger partial charge is 0.382 e. The normalized spacial score (nSPS) is 16.5. The Morgan fingerprint density at radius 2 is 1.97 bits per heavy atom. The van der Waals surface area contributed by atoms with Crippen molar-refractivity contribution in [3.05, 3.63) is 30.1 Å². The number of anilines is 1. The molecule has 6 heteroatoms. The second-order valence-corrected chi connectivity index (χ2v) is 8.40. The molecule has 29 heavy (non-hydrogen) atoms. The van der Waals surface area contributed by atoms with Gasteiger partial charge in [0.2, 0.25) is 0 Å². The number of rotatable bonds is 7. The molecule has 4 rings (SSSR count). The summed E-state index contributed by atoms with van der Waals surface area (Å²) in [6.07, 6.45) is 6.34. The molecule has 0 atom stereocenters. The maximum absolute atomic E-state index is 12.2. The Kier molecular flexibility index (Phi) is 5.54. The van der Waals surface area contributed by atoms with Crippen molar-refractivity contribution >= 4 is 33.5 Å². The van der Waals surface area contributed by atoms with Crippen molar-refractivity contribution in [2.75, 3.05) is 12.3 Å². The minimum Gasteiger partial charge on any atom is -0.382 e. The van der Waals surface area contributed by atoms with E-state index in [9.17, 15) is 4.79 Å². The number of ether oxygens (including phenoxy) is 1. The van der Waals surface area contributed by atoms with E-state index < -0.39 is 0 Å². The number of pyridine rings is 1. The molecule has 2 N–H and O–H groups in total. The number of aromatic nitrogens is 3. The number of ketones is 1. The first kappa shape index (κ1) is 19.8. The summed E-state index contributed by atoms with van der Waals surface area (Å²) in [6, 6.07) is 8.05. The monoisotopic (exact) mass is 394 g/mol. The highest BCUT2D eigenvalue weighted by atomic mass is 16.5. The Labute approximate surface area is 171 Å². The summed E-state index contributed by atoms with van der Waals surface area (Å²) in [4.78, 5) is 21.6. The number of hydrogen-bond donors (Lipinski definition) is 1. The number of carbonyl (C=O) groups is 1. The number of para-hydroxylation sites is 1. The zero-order valence-corrected chi connectivity index (χ0v) is 17.4. The van der Waals surface area contributed by atoms with E-state index in [0.29, 0.717) is 25.5 Å². The van der Waals surface area contributed by atoms with Crippen molar-refractivity contribution in [1.82, 2.24) is 14.5 Å². The Hall–Kier alpha value is -2.47. The molecule has 1 aromatic carbocycles. The number of nitrogen functional groups attached to an aromatic ring is 1. The number of benzene rings is 1. The van der Waals surface area contributed by atoms with Gasteiger partial charge in [0.1, 0.15) is 23.7 Å². The summed E-state index contributed by atoms with van der Waals surface area (Å²) < 4.78 is 8.00. The molecule has 0 aliphatic heterocycles. The molecule has 0 bridgehead atoms. The van der Waals surface area contributed by atoms with E-state index in [1.54, 1.807) is 6.92 Å². The molecule has 0 amide bonds. The molecule has 2 aromatic heterocycles. The van der Waals surface area contributed by atoms with Gasteiger partial charge in [-0.1, -0.05) is 37.5 Å². The molecule has 0 unspecified atom stereocenters. The van der Waals surface area contributed by atoms with Gasteiger partial charge in [0.05, 0.1) is 11.0 Å². The Morgan fingerprint density at radius 3 is 2.69 bits per heavy atom. The van der Waals surface area contributed by atoms with E-state index in [1.165, 1.54) is 19.3 Å². The molecular weight excluding hydrogens is 364 g/mol. The van der Waals surface area contributed by atoms with Crippen LogP contribution in [0, 0.1) is 5.41 Å². The molecule has 0 saturated heterocycles. The number of carbonyl (C=O) groups excluding carboxylic acids is 1. The van der Waals surface area contributed by atoms with Gasteiger partial charge in [-0.2, -0.15) is 0 Å². The highest BCUT2D eigenvalue weighted by Gasteiger charge is 2.35. The SMILES string of the molecule is CCOCc1nc2c(N)nc3ccccc3c2n1CC1(CC(C)=O)CCCCC1. The molecule has 0 spiro atoms. The molecule has 1 aliphatic carbocycles. The van der Waals surface area contributed by atoms with Crippen LogP contribution >= 0.6 is 0 Å². The van der Waals surface area contributed by atoms with E-state index in [-0.39, 0.29) is 11.2 Å². The van der Waals surface area contributed by atoms with Crippen LogP contribution in [0.15, 0.2) is 24.3 Å². The lowest BCUT2D eigenvalue weighted by Gasteiger charge is -2.37. The average molecular weight is 395 g/mol. The van der Waals surface area contributed by atoms with E-state index in [4.69, 9.17) is 15.5 Å². The molecule has 154 valence electrons. The van der Waals surface area contributed by atoms with Crippen LogP contribution in [0.25, 0.3) is 21.9 Å². The van der Waals surface area contributed by atoms with Gasteiger partial charge in [0.25, 0.3) is 0 Å². The fourth-order valence-corrected chi connectivity index (χ4v) is 4.93. The van der Waals surface area contributed by atoms with Crippen LogP contribution in [-0.4, -0.2) is 26.9 Å². The summed E-state index contributed by atoms with van der Waals surface area (Å²) in [5, 5.41) is 1.04. The Morgan fingerprint density at radius 1 is 1.21 bits per heavy atom. The smallest absolute Gasteiger partial charge is 0.152 e. The summed E-state index contributed by atoms with van der Waals surface area (Å²) in [5.74, 6) is 1.56. The minimum absolute atomic E-state index is 0.0299. The number of nitrogens with two attached hydrogens (primary N) is 1. The summed E-state index contributed by atoms with van der Waals surface area (Å²) in [5.41, 5.74) is 8.87. The number of fused-ring (bicyclic) bond motifs is 3. The molecule has 2 heterocycles. The molecule has 1 saturated carbocycles. The zero-order chi connectivity index (χ0) is 20.4. The van der Waals surface area contributed by atoms with E-state index in [1.807, 2.05) is 25.1 Å². The molecule has 6 nitrogen and oxygen atoms in total. The molecule has 1 aliphatic rings. The van der Waals surface area contributed by atoms with Crippen LogP contribution in [0.2, 0.25) is 0 Å². The van der Waals surface area contributed by atoms with Crippen LogP contribution in [0.3, 0.4) is 0 Å². The first-order chi connectivity index (χ1) is 14.0. The fourth-order valence-electron chi connectivity index (χ4n) is 4.93. The van der Waals surface area contributed by atoms with Gasteiger partial charge in [0, 0.05) is 25.0 Å². The van der Waals surface area contributed by atoms with Gasteiger partial charge >= 0.3 is 0 Å². The van der Waals surface area contributed by atoms with E-state index in [2.05, 4.69) is 15.6 Å². The Bertz CT molecular complexity index is 1030. The zero-order valence-electron chi connectivity index (χ0n) is 17.4. The third-order valence-electron chi connectivity index (χ3n) is 6.16. The van der Waals surface area contributed by atoms with Crippen LogP contribution in [0.4, 0.5) is 5.82 Å². The highest BCUT2D eigenvalue weighted by Crippen LogP contribution is 2.42. The fraction of sp³-hybridized carbons (Fsp3) is 0.522. The lowest BCUT2D eigenvalue weighted by molar-refractivity contribution is -0.120. The van der Waals surface area contributed by atoms with Gasteiger partial charge < -0.3 is 19.8 Å². The molecule has 0 radical (unpaired) electrons. The second-order valence-electron chi connectivity index (χ2n) is 8.40. The first-order valence-electron chi connectivity index (χ1n) is 10.6. The lowest BCUT2D eigenvalue weighted by Crippen LogP contribution is -2.32. The highest BCUT2D eigenvalue weighted by molar-refractivity contribution is 6.06. The quantitative estimate of drug-likeness (QED) is 0.631. The third kappa shape index (κ3) is 3.86. The van der Waals surface area contributed by atoms with Crippen LogP contribution in [-0.2, 0) is 22.7 Å². The van der Waals surface area contributed by atoms with Crippen LogP contribution < -0.4 is 5.73 Å². The van der Waals surface area contributed by atoms with Crippen molar-refractivity contribution in [3.8, 4) is 0 Å². The van der Waals surface area contributed by atoms with Crippen LogP contribution in [0.1, 0.15) is 58.2 Å². The predicted octanol–water partition coefficient (Wildman–Crippen LogP) is 4.63.